The largest absolute Gasteiger partial charge is 0.379 e. The zero-order chi connectivity index (χ0) is 22.4. The number of hydrogen-bond acceptors (Lipinski definition) is 5. The third-order valence-corrected chi connectivity index (χ3v) is 7.96. The van der Waals surface area contributed by atoms with Gasteiger partial charge in [-0.15, -0.1) is 0 Å². The first kappa shape index (κ1) is 22.8. The zero-order valence-electron chi connectivity index (χ0n) is 18.3. The van der Waals surface area contributed by atoms with Gasteiger partial charge in [-0.25, -0.2) is 8.42 Å². The molecule has 1 N–H and O–H groups in total. The van der Waals surface area contributed by atoms with Gasteiger partial charge in [-0.2, -0.15) is 4.31 Å². The molecule has 0 spiro atoms. The van der Waals surface area contributed by atoms with Crippen molar-refractivity contribution in [3.05, 3.63) is 54.1 Å². The second kappa shape index (κ2) is 10.5. The van der Waals surface area contributed by atoms with E-state index in [4.69, 9.17) is 4.74 Å². The number of amides is 1. The lowest BCUT2D eigenvalue weighted by atomic mass is 10.1. The molecule has 0 bridgehead atoms. The molecule has 4 rings (SSSR count). The van der Waals surface area contributed by atoms with E-state index in [-0.39, 0.29) is 10.8 Å². The van der Waals surface area contributed by atoms with Crippen molar-refractivity contribution in [2.75, 3.05) is 49.6 Å². The molecule has 0 aliphatic carbocycles. The Morgan fingerprint density at radius 3 is 2.19 bits per heavy atom. The van der Waals surface area contributed by atoms with Gasteiger partial charge in [-0.1, -0.05) is 12.1 Å². The molecule has 2 fully saturated rings. The number of nitrogens with zero attached hydrogens (tertiary/aromatic N) is 2. The van der Waals surface area contributed by atoms with Gasteiger partial charge in [0.15, 0.2) is 0 Å². The van der Waals surface area contributed by atoms with E-state index in [1.807, 2.05) is 12.1 Å². The van der Waals surface area contributed by atoms with E-state index >= 15 is 0 Å². The highest BCUT2D eigenvalue weighted by atomic mass is 32.2. The van der Waals surface area contributed by atoms with Crippen molar-refractivity contribution >= 4 is 27.3 Å². The predicted octanol–water partition coefficient (Wildman–Crippen LogP) is 3.27. The predicted molar refractivity (Wildman–Crippen MR) is 125 cm³/mol. The van der Waals surface area contributed by atoms with E-state index in [0.29, 0.717) is 39.1 Å². The maximum absolute atomic E-state index is 12.7. The highest BCUT2D eigenvalue weighted by molar-refractivity contribution is 7.89. The summed E-state index contributed by atoms with van der Waals surface area (Å²) in [6.45, 7) is 3.80. The first-order valence-corrected chi connectivity index (χ1v) is 12.8. The van der Waals surface area contributed by atoms with E-state index in [2.05, 4.69) is 22.3 Å². The van der Waals surface area contributed by atoms with Gasteiger partial charge in [-0.05, 0) is 67.6 Å². The molecular formula is C24H31N3O4S. The summed E-state index contributed by atoms with van der Waals surface area (Å²) in [5.74, 6) is -0.0549. The minimum absolute atomic E-state index is 0.0549. The van der Waals surface area contributed by atoms with Gasteiger partial charge in [0.2, 0.25) is 15.9 Å². The second-order valence-corrected chi connectivity index (χ2v) is 10.2. The summed E-state index contributed by atoms with van der Waals surface area (Å²) >= 11 is 0. The van der Waals surface area contributed by atoms with E-state index in [1.54, 1.807) is 24.3 Å². The SMILES string of the molecule is O=C(CCc1ccc(S(=O)(=O)N2CCOCC2)cc1)Nc1ccc(N2CCCCC2)cc1. The number of nitrogens with one attached hydrogen (secondary N) is 1. The van der Waals surface area contributed by atoms with Crippen LogP contribution >= 0.6 is 0 Å². The molecule has 2 aliphatic heterocycles. The van der Waals surface area contributed by atoms with Crippen LogP contribution in [0.5, 0.6) is 0 Å². The summed E-state index contributed by atoms with van der Waals surface area (Å²) in [7, 11) is -3.49. The van der Waals surface area contributed by atoms with Crippen molar-refractivity contribution in [2.24, 2.45) is 0 Å². The lowest BCUT2D eigenvalue weighted by Crippen LogP contribution is -2.40. The van der Waals surface area contributed by atoms with Crippen molar-refractivity contribution in [3.63, 3.8) is 0 Å². The number of hydrogen-bond donors (Lipinski definition) is 1. The van der Waals surface area contributed by atoms with Gasteiger partial charge in [-0.3, -0.25) is 4.79 Å². The van der Waals surface area contributed by atoms with Gasteiger partial charge in [0, 0.05) is 44.0 Å². The first-order valence-electron chi connectivity index (χ1n) is 11.3. The Kier molecular flexibility index (Phi) is 7.44. The monoisotopic (exact) mass is 457 g/mol. The number of sulfonamides is 1. The molecule has 2 aromatic carbocycles. The standard InChI is InChI=1S/C24H31N3O4S/c28-24(25-21-7-9-22(10-8-21)26-14-2-1-3-15-26)13-6-20-4-11-23(12-5-20)32(29,30)27-16-18-31-19-17-27/h4-5,7-12H,1-3,6,13-19H2,(H,25,28). The number of carbonyl (C=O) groups excluding carboxylic acids is 1. The molecule has 172 valence electrons. The Morgan fingerprint density at radius 1 is 0.875 bits per heavy atom. The van der Waals surface area contributed by atoms with Gasteiger partial charge in [0.1, 0.15) is 0 Å². The van der Waals surface area contributed by atoms with Gasteiger partial charge < -0.3 is 15.0 Å². The molecule has 0 saturated carbocycles. The van der Waals surface area contributed by atoms with Crippen molar-refractivity contribution in [1.29, 1.82) is 0 Å². The van der Waals surface area contributed by atoms with Crippen molar-refractivity contribution in [1.82, 2.24) is 4.31 Å². The quantitative estimate of drug-likeness (QED) is 0.690. The number of rotatable bonds is 7. The van der Waals surface area contributed by atoms with E-state index in [9.17, 15) is 13.2 Å². The summed E-state index contributed by atoms with van der Waals surface area (Å²) in [6, 6.07) is 14.8. The van der Waals surface area contributed by atoms with Crippen LogP contribution in [0.25, 0.3) is 0 Å². The smallest absolute Gasteiger partial charge is 0.243 e. The number of benzene rings is 2. The van der Waals surface area contributed by atoms with Gasteiger partial charge in [0.05, 0.1) is 18.1 Å². The summed E-state index contributed by atoms with van der Waals surface area (Å²) in [5, 5.41) is 2.95. The zero-order valence-corrected chi connectivity index (χ0v) is 19.1. The number of morpholine rings is 1. The Morgan fingerprint density at radius 2 is 1.53 bits per heavy atom. The number of piperidine rings is 1. The van der Waals surface area contributed by atoms with Crippen LogP contribution in [0.2, 0.25) is 0 Å². The second-order valence-electron chi connectivity index (χ2n) is 8.30. The molecule has 2 aliphatic rings. The van der Waals surface area contributed by atoms with Gasteiger partial charge in [0.25, 0.3) is 0 Å². The van der Waals surface area contributed by atoms with Crippen LogP contribution in [0.4, 0.5) is 11.4 Å². The van der Waals surface area contributed by atoms with E-state index in [0.717, 1.165) is 24.3 Å². The molecule has 2 heterocycles. The molecule has 32 heavy (non-hydrogen) atoms. The number of anilines is 2. The number of carbonyl (C=O) groups is 1. The van der Waals surface area contributed by atoms with Crippen LogP contribution in [-0.2, 0) is 26.0 Å². The highest BCUT2D eigenvalue weighted by Crippen LogP contribution is 2.22. The molecule has 7 nitrogen and oxygen atoms in total. The van der Waals surface area contributed by atoms with E-state index < -0.39 is 10.0 Å². The van der Waals surface area contributed by atoms with Crippen LogP contribution in [0.15, 0.2) is 53.4 Å². The average molecular weight is 458 g/mol. The lowest BCUT2D eigenvalue weighted by Gasteiger charge is -2.28. The fourth-order valence-electron chi connectivity index (χ4n) is 4.15. The highest BCUT2D eigenvalue weighted by Gasteiger charge is 2.26. The normalized spacial score (nSPS) is 17.8. The molecule has 2 aromatic rings. The topological polar surface area (TPSA) is 79.0 Å². The lowest BCUT2D eigenvalue weighted by molar-refractivity contribution is -0.116. The maximum atomic E-state index is 12.7. The Labute approximate surface area is 190 Å². The van der Waals surface area contributed by atoms with Crippen LogP contribution in [0.1, 0.15) is 31.2 Å². The molecule has 1 amide bonds. The molecule has 2 saturated heterocycles. The Balaban J connectivity index is 1.27. The minimum Gasteiger partial charge on any atom is -0.379 e. The third kappa shape index (κ3) is 5.68. The molecule has 0 radical (unpaired) electrons. The molecule has 0 aromatic heterocycles. The first-order chi connectivity index (χ1) is 15.5. The molecule has 0 unspecified atom stereocenters. The van der Waals surface area contributed by atoms with E-state index in [1.165, 1.54) is 29.3 Å². The molecular weight excluding hydrogens is 426 g/mol. The Hall–Kier alpha value is -2.42. The number of ether oxygens (including phenoxy) is 1. The van der Waals surface area contributed by atoms with Crippen LogP contribution < -0.4 is 10.2 Å². The van der Waals surface area contributed by atoms with Crippen molar-refractivity contribution in [2.45, 2.75) is 37.0 Å². The minimum atomic E-state index is -3.49. The average Bonchev–Trinajstić information content (AvgIpc) is 2.84. The van der Waals surface area contributed by atoms with Crippen LogP contribution in [0.3, 0.4) is 0 Å². The van der Waals surface area contributed by atoms with Crippen LogP contribution in [-0.4, -0.2) is 58.0 Å². The van der Waals surface area contributed by atoms with Crippen LogP contribution in [0, 0.1) is 0 Å². The van der Waals surface area contributed by atoms with Crippen molar-refractivity contribution in [3.8, 4) is 0 Å². The summed E-state index contributed by atoms with van der Waals surface area (Å²) in [6.07, 6.45) is 4.66. The Bertz CT molecular complexity index is 995. The summed E-state index contributed by atoms with van der Waals surface area (Å²) in [5.41, 5.74) is 2.93. The summed E-state index contributed by atoms with van der Waals surface area (Å²) < 4.78 is 32.1. The third-order valence-electron chi connectivity index (χ3n) is 6.04. The number of aryl methyl sites for hydroxylation is 1. The fourth-order valence-corrected chi connectivity index (χ4v) is 5.56. The molecule has 8 heteroatoms. The summed E-state index contributed by atoms with van der Waals surface area (Å²) in [4.78, 5) is 15.0. The van der Waals surface area contributed by atoms with Gasteiger partial charge >= 0.3 is 0 Å². The fraction of sp³-hybridized carbons (Fsp3) is 0.458. The molecule has 0 atom stereocenters. The van der Waals surface area contributed by atoms with Crippen molar-refractivity contribution < 1.29 is 17.9 Å². The maximum Gasteiger partial charge on any atom is 0.243 e.